The highest BCUT2D eigenvalue weighted by molar-refractivity contribution is 5.74. The number of benzene rings is 1. The van der Waals surface area contributed by atoms with Crippen molar-refractivity contribution in [3.63, 3.8) is 0 Å². The van der Waals surface area contributed by atoms with Gasteiger partial charge in [0.25, 0.3) is 0 Å². The number of para-hydroxylation sites is 2. The van der Waals surface area contributed by atoms with Crippen molar-refractivity contribution < 1.29 is 5.11 Å². The Labute approximate surface area is 117 Å². The molecule has 0 spiro atoms. The first-order valence-corrected chi connectivity index (χ1v) is 6.77. The van der Waals surface area contributed by atoms with Crippen molar-refractivity contribution in [1.82, 2.24) is 14.5 Å². The SMILES string of the molecule is CC(C)Cc1nc2cccnc2n1-c1ccccc1O. The molecule has 3 rings (SSSR count). The molecule has 102 valence electrons. The summed E-state index contributed by atoms with van der Waals surface area (Å²) in [7, 11) is 0. The largest absolute Gasteiger partial charge is 0.506 e. The summed E-state index contributed by atoms with van der Waals surface area (Å²) in [6, 6.07) is 11.1. The summed E-state index contributed by atoms with van der Waals surface area (Å²) in [6.45, 7) is 4.31. The van der Waals surface area contributed by atoms with Gasteiger partial charge in [0.1, 0.15) is 17.1 Å². The van der Waals surface area contributed by atoms with Crippen molar-refractivity contribution in [3.8, 4) is 11.4 Å². The lowest BCUT2D eigenvalue weighted by molar-refractivity contribution is 0.471. The van der Waals surface area contributed by atoms with Crippen molar-refractivity contribution in [2.75, 3.05) is 0 Å². The smallest absolute Gasteiger partial charge is 0.164 e. The summed E-state index contributed by atoms with van der Waals surface area (Å²) in [6.07, 6.45) is 2.59. The van der Waals surface area contributed by atoms with Gasteiger partial charge in [-0.15, -0.1) is 0 Å². The van der Waals surface area contributed by atoms with Gasteiger partial charge >= 0.3 is 0 Å². The zero-order valence-electron chi connectivity index (χ0n) is 11.6. The van der Waals surface area contributed by atoms with Gasteiger partial charge in [0.2, 0.25) is 0 Å². The summed E-state index contributed by atoms with van der Waals surface area (Å²) in [5.41, 5.74) is 2.36. The molecule has 4 heteroatoms. The Morgan fingerprint density at radius 2 is 1.95 bits per heavy atom. The van der Waals surface area contributed by atoms with Gasteiger partial charge in [-0.2, -0.15) is 0 Å². The van der Waals surface area contributed by atoms with Crippen LogP contribution in [0.2, 0.25) is 0 Å². The van der Waals surface area contributed by atoms with E-state index in [1.807, 2.05) is 34.9 Å². The summed E-state index contributed by atoms with van der Waals surface area (Å²) in [5.74, 6) is 1.65. The topological polar surface area (TPSA) is 50.9 Å². The van der Waals surface area contributed by atoms with Crippen LogP contribution in [0.4, 0.5) is 0 Å². The monoisotopic (exact) mass is 267 g/mol. The van der Waals surface area contributed by atoms with Gasteiger partial charge in [0.15, 0.2) is 5.65 Å². The van der Waals surface area contributed by atoms with E-state index in [-0.39, 0.29) is 5.75 Å². The molecule has 2 aromatic heterocycles. The van der Waals surface area contributed by atoms with Crippen molar-refractivity contribution in [2.45, 2.75) is 20.3 Å². The molecule has 0 bridgehead atoms. The maximum atomic E-state index is 10.1. The third kappa shape index (κ3) is 2.13. The third-order valence-corrected chi connectivity index (χ3v) is 3.20. The Hall–Kier alpha value is -2.36. The van der Waals surface area contributed by atoms with Crippen molar-refractivity contribution in [3.05, 3.63) is 48.4 Å². The van der Waals surface area contributed by atoms with Gasteiger partial charge in [-0.1, -0.05) is 26.0 Å². The van der Waals surface area contributed by atoms with E-state index in [1.165, 1.54) is 0 Å². The highest BCUT2D eigenvalue weighted by Crippen LogP contribution is 2.27. The lowest BCUT2D eigenvalue weighted by Crippen LogP contribution is -2.05. The zero-order valence-corrected chi connectivity index (χ0v) is 11.6. The Balaban J connectivity index is 2.29. The molecule has 0 aliphatic carbocycles. The number of pyridine rings is 1. The molecule has 0 fully saturated rings. The zero-order chi connectivity index (χ0) is 14.1. The van der Waals surface area contributed by atoms with E-state index in [0.29, 0.717) is 5.92 Å². The van der Waals surface area contributed by atoms with Gasteiger partial charge < -0.3 is 5.11 Å². The molecule has 3 aromatic rings. The molecule has 1 aromatic carbocycles. The molecular weight excluding hydrogens is 250 g/mol. The molecular formula is C16H17N3O. The molecule has 0 radical (unpaired) electrons. The minimum absolute atomic E-state index is 0.238. The molecule has 1 N–H and O–H groups in total. The number of aromatic nitrogens is 3. The number of phenols is 1. The molecule has 0 aliphatic heterocycles. The Bertz CT molecular complexity index is 746. The van der Waals surface area contributed by atoms with Gasteiger partial charge in [-0.3, -0.25) is 4.57 Å². The first kappa shape index (κ1) is 12.7. The second-order valence-corrected chi connectivity index (χ2v) is 5.30. The first-order valence-electron chi connectivity index (χ1n) is 6.77. The average Bonchev–Trinajstić information content (AvgIpc) is 2.76. The van der Waals surface area contributed by atoms with Crippen LogP contribution in [0, 0.1) is 5.92 Å². The minimum atomic E-state index is 0.238. The van der Waals surface area contributed by atoms with E-state index in [1.54, 1.807) is 12.3 Å². The molecule has 0 amide bonds. The van der Waals surface area contributed by atoms with Crippen LogP contribution in [0.5, 0.6) is 5.75 Å². The van der Waals surface area contributed by atoms with Crippen LogP contribution in [0.3, 0.4) is 0 Å². The fourth-order valence-corrected chi connectivity index (χ4v) is 2.37. The maximum absolute atomic E-state index is 10.1. The molecule has 20 heavy (non-hydrogen) atoms. The molecule has 2 heterocycles. The average molecular weight is 267 g/mol. The van der Waals surface area contributed by atoms with Crippen LogP contribution in [0.25, 0.3) is 16.9 Å². The van der Waals surface area contributed by atoms with Crippen LogP contribution >= 0.6 is 0 Å². The number of imidazole rings is 1. The van der Waals surface area contributed by atoms with E-state index in [4.69, 9.17) is 0 Å². The predicted molar refractivity (Wildman–Crippen MR) is 79.1 cm³/mol. The molecule has 0 saturated heterocycles. The molecule has 0 unspecified atom stereocenters. The summed E-state index contributed by atoms with van der Waals surface area (Å²) in [4.78, 5) is 9.08. The molecule has 0 atom stereocenters. The standard InChI is InChI=1S/C16H17N3O/c1-11(2)10-15-18-12-6-5-9-17-16(12)19(15)13-7-3-4-8-14(13)20/h3-9,11,20H,10H2,1-2H3. The lowest BCUT2D eigenvalue weighted by Gasteiger charge is -2.11. The number of hydrogen-bond acceptors (Lipinski definition) is 3. The second kappa shape index (κ2) is 4.96. The molecule has 4 nitrogen and oxygen atoms in total. The van der Waals surface area contributed by atoms with Crippen LogP contribution in [-0.4, -0.2) is 19.6 Å². The van der Waals surface area contributed by atoms with Gasteiger partial charge in [-0.05, 0) is 30.2 Å². The van der Waals surface area contributed by atoms with Gasteiger partial charge in [-0.25, -0.2) is 9.97 Å². The van der Waals surface area contributed by atoms with Crippen LogP contribution in [-0.2, 0) is 6.42 Å². The molecule has 0 saturated carbocycles. The van der Waals surface area contributed by atoms with Crippen molar-refractivity contribution in [2.24, 2.45) is 5.92 Å². The van der Waals surface area contributed by atoms with Crippen LogP contribution < -0.4 is 0 Å². The first-order chi connectivity index (χ1) is 9.66. The number of fused-ring (bicyclic) bond motifs is 1. The van der Waals surface area contributed by atoms with E-state index >= 15 is 0 Å². The minimum Gasteiger partial charge on any atom is -0.506 e. The van der Waals surface area contributed by atoms with Crippen LogP contribution in [0.1, 0.15) is 19.7 Å². The number of phenolic OH excluding ortho intramolecular Hbond substituents is 1. The second-order valence-electron chi connectivity index (χ2n) is 5.30. The Morgan fingerprint density at radius 1 is 1.15 bits per heavy atom. The van der Waals surface area contributed by atoms with E-state index < -0.39 is 0 Å². The predicted octanol–water partition coefficient (Wildman–Crippen LogP) is 3.32. The van der Waals surface area contributed by atoms with Gasteiger partial charge in [0, 0.05) is 12.6 Å². The maximum Gasteiger partial charge on any atom is 0.164 e. The normalized spacial score (nSPS) is 11.3. The summed E-state index contributed by atoms with van der Waals surface area (Å²) < 4.78 is 1.95. The van der Waals surface area contributed by atoms with E-state index in [2.05, 4.69) is 23.8 Å². The third-order valence-electron chi connectivity index (χ3n) is 3.20. The highest BCUT2D eigenvalue weighted by atomic mass is 16.3. The summed E-state index contributed by atoms with van der Waals surface area (Å²) in [5, 5.41) is 10.1. The Kier molecular flexibility index (Phi) is 3.14. The van der Waals surface area contributed by atoms with E-state index in [0.717, 1.165) is 29.1 Å². The summed E-state index contributed by atoms with van der Waals surface area (Å²) >= 11 is 0. The quantitative estimate of drug-likeness (QED) is 0.792. The highest BCUT2D eigenvalue weighted by Gasteiger charge is 2.16. The van der Waals surface area contributed by atoms with Crippen molar-refractivity contribution >= 4 is 11.2 Å². The fraction of sp³-hybridized carbons (Fsp3) is 0.250. The number of aromatic hydroxyl groups is 1. The number of hydrogen-bond donors (Lipinski definition) is 1. The Morgan fingerprint density at radius 3 is 2.70 bits per heavy atom. The van der Waals surface area contributed by atoms with Gasteiger partial charge in [0.05, 0.1) is 5.69 Å². The number of nitrogens with zero attached hydrogens (tertiary/aromatic N) is 3. The molecule has 0 aliphatic rings. The van der Waals surface area contributed by atoms with Crippen LogP contribution in [0.15, 0.2) is 42.6 Å². The fourth-order valence-electron chi connectivity index (χ4n) is 2.37. The lowest BCUT2D eigenvalue weighted by atomic mass is 10.1. The van der Waals surface area contributed by atoms with Crippen molar-refractivity contribution in [1.29, 1.82) is 0 Å². The number of rotatable bonds is 3. The van der Waals surface area contributed by atoms with E-state index in [9.17, 15) is 5.11 Å².